The number of fused-ring (bicyclic) bond motifs is 3. The monoisotopic (exact) mass is 592 g/mol. The fourth-order valence-corrected chi connectivity index (χ4v) is 7.65. The van der Waals surface area contributed by atoms with Crippen molar-refractivity contribution in [3.05, 3.63) is 45.2 Å². The van der Waals surface area contributed by atoms with Gasteiger partial charge in [-0.05, 0) is 36.6 Å². The lowest BCUT2D eigenvalue weighted by atomic mass is 9.54. The molecule has 0 aromatic heterocycles. The molecule has 0 saturated heterocycles. The average Bonchev–Trinajstić information content (AvgIpc) is 2.80. The highest BCUT2D eigenvalue weighted by Gasteiger charge is 2.68. The maximum Gasteiger partial charge on any atom is 0.255 e. The Balaban J connectivity index is 2.14. The number of rotatable bonds is 4. The molecule has 1 fully saturated rings. The number of phenols is 1. The number of carbonyl (C=O) groups excluding carboxylic acids is 3. The first kappa shape index (κ1) is 30.7. The Hall–Kier alpha value is -3.26. The van der Waals surface area contributed by atoms with E-state index in [9.17, 15) is 48.3 Å². The Bertz CT molecular complexity index is 1570. The lowest BCUT2D eigenvalue weighted by molar-refractivity contribution is -0.169. The number of aromatic hydroxyl groups is 1. The summed E-state index contributed by atoms with van der Waals surface area (Å²) in [4.78, 5) is 40.9. The van der Waals surface area contributed by atoms with Gasteiger partial charge in [0.1, 0.15) is 22.8 Å². The summed E-state index contributed by atoms with van der Waals surface area (Å²) in [5.74, 6) is -10.6. The Kier molecular flexibility index (Phi) is 7.02. The number of carbonyl (C=O) groups is 3. The normalized spacial score (nSPS) is 30.3. The number of aliphatic hydroxyl groups excluding tert-OH is 3. The third-order valence-corrected chi connectivity index (χ3v) is 9.37. The van der Waals surface area contributed by atoms with Crippen molar-refractivity contribution in [3.63, 3.8) is 0 Å². The van der Waals surface area contributed by atoms with Crippen LogP contribution in [0.15, 0.2) is 23.0 Å². The minimum absolute atomic E-state index is 0.186. The molecule has 3 aliphatic carbocycles. The second-order valence-corrected chi connectivity index (χ2v) is 14.7. The van der Waals surface area contributed by atoms with Crippen molar-refractivity contribution < 1.29 is 48.3 Å². The molecule has 1 amide bonds. The van der Waals surface area contributed by atoms with Crippen molar-refractivity contribution >= 4 is 33.1 Å². The molecule has 13 heteroatoms. The predicted octanol–water partition coefficient (Wildman–Crippen LogP) is 0.338. The van der Waals surface area contributed by atoms with Gasteiger partial charge in [0.2, 0.25) is 5.78 Å². The van der Waals surface area contributed by atoms with Crippen molar-refractivity contribution in [3.8, 4) is 5.75 Å². The van der Waals surface area contributed by atoms with E-state index in [0.717, 1.165) is 6.26 Å². The predicted molar refractivity (Wildman–Crippen MR) is 148 cm³/mol. The lowest BCUT2D eigenvalue weighted by Crippen LogP contribution is -2.70. The topological polar surface area (TPSA) is 216 Å². The summed E-state index contributed by atoms with van der Waals surface area (Å²) in [6, 6.07) is 0.0412. The molecule has 0 spiro atoms. The molecule has 0 heterocycles. The van der Waals surface area contributed by atoms with E-state index >= 15 is 0 Å². The van der Waals surface area contributed by atoms with Crippen LogP contribution in [0.3, 0.4) is 0 Å². The first-order valence-electron chi connectivity index (χ1n) is 13.0. The minimum atomic E-state index is -3.64. The molecule has 1 aromatic rings. The Morgan fingerprint density at radius 2 is 1.71 bits per heavy atom. The molecule has 7 N–H and O–H groups in total. The fraction of sp³-hybridized carbons (Fsp3) is 0.536. The van der Waals surface area contributed by atoms with Crippen molar-refractivity contribution in [1.29, 1.82) is 0 Å². The second kappa shape index (κ2) is 9.38. The molecule has 3 aliphatic rings. The maximum atomic E-state index is 14.2. The van der Waals surface area contributed by atoms with Gasteiger partial charge in [-0.25, -0.2) is 8.42 Å². The van der Waals surface area contributed by atoms with E-state index in [2.05, 4.69) is 0 Å². The van der Waals surface area contributed by atoms with Crippen LogP contribution < -0.4 is 5.73 Å². The number of nitrogens with two attached hydrogens (primary N) is 1. The largest absolute Gasteiger partial charge is 0.508 e. The van der Waals surface area contributed by atoms with E-state index in [0.29, 0.717) is 0 Å². The number of amides is 1. The number of likely N-dealkylation sites (N-methyl/N-ethyl adjacent to an activating group) is 1. The molecule has 0 radical (unpaired) electrons. The zero-order chi connectivity index (χ0) is 31.3. The number of phenolic OH excluding ortho intramolecular Hbond substituents is 1. The summed E-state index contributed by atoms with van der Waals surface area (Å²) in [5, 5.41) is 57.6. The maximum absolute atomic E-state index is 14.2. The molecule has 224 valence electrons. The van der Waals surface area contributed by atoms with Crippen LogP contribution in [0.4, 0.5) is 0 Å². The van der Waals surface area contributed by atoms with Crippen LogP contribution in [0, 0.1) is 11.8 Å². The molecule has 6 atom stereocenters. The van der Waals surface area contributed by atoms with Crippen LogP contribution in [0.25, 0.3) is 5.76 Å². The third-order valence-electron chi connectivity index (χ3n) is 8.54. The van der Waals surface area contributed by atoms with Gasteiger partial charge in [-0.1, -0.05) is 33.8 Å². The first-order chi connectivity index (χ1) is 18.6. The van der Waals surface area contributed by atoms with Gasteiger partial charge in [0.05, 0.1) is 29.4 Å². The highest BCUT2D eigenvalue weighted by Crippen LogP contribution is 2.57. The molecule has 0 bridgehead atoms. The van der Waals surface area contributed by atoms with Gasteiger partial charge in [0.25, 0.3) is 5.91 Å². The number of ketones is 2. The number of hydrogen-bond acceptors (Lipinski definition) is 11. The van der Waals surface area contributed by atoms with E-state index < -0.39 is 102 Å². The molecule has 0 aliphatic heterocycles. The minimum Gasteiger partial charge on any atom is -0.508 e. The molecule has 41 heavy (non-hydrogen) atoms. The molecule has 4 rings (SSSR count). The molecular weight excluding hydrogens is 556 g/mol. The number of primary amides is 1. The smallest absolute Gasteiger partial charge is 0.255 e. The zero-order valence-electron chi connectivity index (χ0n) is 23.9. The van der Waals surface area contributed by atoms with Crippen LogP contribution in [-0.2, 0) is 35.4 Å². The van der Waals surface area contributed by atoms with E-state index in [4.69, 9.17) is 5.73 Å². The summed E-state index contributed by atoms with van der Waals surface area (Å²) >= 11 is 0. The Morgan fingerprint density at radius 1 is 1.15 bits per heavy atom. The molecule has 12 nitrogen and oxygen atoms in total. The van der Waals surface area contributed by atoms with Crippen LogP contribution in [-0.4, -0.2) is 94.4 Å². The van der Waals surface area contributed by atoms with Crippen LogP contribution >= 0.6 is 0 Å². The van der Waals surface area contributed by atoms with Gasteiger partial charge in [0, 0.05) is 23.3 Å². The van der Waals surface area contributed by atoms with Crippen molar-refractivity contribution in [2.45, 2.75) is 62.5 Å². The summed E-state index contributed by atoms with van der Waals surface area (Å²) in [6.07, 6.45) is -0.751. The molecule has 6 unspecified atom stereocenters. The van der Waals surface area contributed by atoms with Crippen molar-refractivity contribution in [2.75, 3.05) is 20.4 Å². The quantitative estimate of drug-likeness (QED) is 0.262. The number of Topliss-reactive ketones (excluding diaryl/α,β-unsaturated/α-hetero) is 2. The number of benzene rings is 1. The van der Waals surface area contributed by atoms with E-state index in [1.54, 1.807) is 27.7 Å². The van der Waals surface area contributed by atoms with Crippen LogP contribution in [0.5, 0.6) is 5.75 Å². The van der Waals surface area contributed by atoms with Crippen molar-refractivity contribution in [1.82, 2.24) is 4.90 Å². The number of sulfone groups is 1. The molecule has 1 aromatic carbocycles. The standard InChI is InChI=1S/C28H36N2O10S/c1-10-13-11(9-41(7,39)40)8-12(27(2,3)4)20(31)15(13)21(32)16-14(10)22(33)18-19(30(5)6)23(34)17(26(29)37)25(36)28(18,38)24(16)35/h8,10,14,18-19,22,31-33,36,38H,9H2,1-7H3,(H2,29,37). The summed E-state index contributed by atoms with van der Waals surface area (Å²) in [5.41, 5.74) is 0.505. The SMILES string of the molecule is CC1c2c(CS(C)(=O)=O)cc(C(C)(C)C)c(O)c2C(O)=C2C(=O)C3(O)C(O)=C(C(N)=O)C(=O)C(N(C)C)C3C(O)C21. The summed E-state index contributed by atoms with van der Waals surface area (Å²) < 4.78 is 24.9. The highest BCUT2D eigenvalue weighted by molar-refractivity contribution is 7.89. The van der Waals surface area contributed by atoms with Crippen LogP contribution in [0.2, 0.25) is 0 Å². The van der Waals surface area contributed by atoms with Gasteiger partial charge >= 0.3 is 0 Å². The summed E-state index contributed by atoms with van der Waals surface area (Å²) in [7, 11) is -0.808. The highest BCUT2D eigenvalue weighted by atomic mass is 32.2. The van der Waals surface area contributed by atoms with Gasteiger partial charge in [-0.3, -0.25) is 19.3 Å². The number of nitrogens with zero attached hydrogens (tertiary/aromatic N) is 1. The van der Waals surface area contributed by atoms with E-state index in [1.807, 2.05) is 0 Å². The lowest BCUT2D eigenvalue weighted by Gasteiger charge is -2.54. The van der Waals surface area contributed by atoms with E-state index in [1.165, 1.54) is 25.1 Å². The fourth-order valence-electron chi connectivity index (χ4n) is 6.84. The van der Waals surface area contributed by atoms with Gasteiger partial charge < -0.3 is 31.3 Å². The molecular formula is C28H36N2O10S. The Labute approximate surface area is 237 Å². The number of hydrogen-bond donors (Lipinski definition) is 6. The first-order valence-corrected chi connectivity index (χ1v) is 15.0. The average molecular weight is 593 g/mol. The zero-order valence-corrected chi connectivity index (χ0v) is 24.7. The van der Waals surface area contributed by atoms with Gasteiger partial charge in [-0.2, -0.15) is 0 Å². The number of aliphatic hydroxyl groups is 4. The van der Waals surface area contributed by atoms with Crippen molar-refractivity contribution in [2.24, 2.45) is 17.6 Å². The summed E-state index contributed by atoms with van der Waals surface area (Å²) in [6.45, 7) is 6.85. The second-order valence-electron chi connectivity index (χ2n) is 12.6. The van der Waals surface area contributed by atoms with Gasteiger partial charge in [0.15, 0.2) is 21.2 Å². The Morgan fingerprint density at radius 3 is 2.17 bits per heavy atom. The van der Waals surface area contributed by atoms with E-state index in [-0.39, 0.29) is 22.3 Å². The third kappa shape index (κ3) is 4.28. The molecule has 1 saturated carbocycles. The van der Waals surface area contributed by atoms with Crippen LogP contribution in [0.1, 0.15) is 55.9 Å². The van der Waals surface area contributed by atoms with Gasteiger partial charge in [-0.15, -0.1) is 0 Å².